The zero-order valence-electron chi connectivity index (χ0n) is 17.7. The van der Waals surface area contributed by atoms with Gasteiger partial charge in [-0.2, -0.15) is 4.98 Å². The van der Waals surface area contributed by atoms with Crippen LogP contribution in [0.25, 0.3) is 11.0 Å². The zero-order valence-corrected chi connectivity index (χ0v) is 18.5. The molecule has 2 aromatic heterocycles. The maximum Gasteiger partial charge on any atom is 0.252 e. The number of hydrogen-bond acceptors (Lipinski definition) is 6. The lowest BCUT2D eigenvalue weighted by molar-refractivity contribution is 0.515. The summed E-state index contributed by atoms with van der Waals surface area (Å²) in [6.45, 7) is 5.75. The molecule has 2 fully saturated rings. The van der Waals surface area contributed by atoms with Crippen molar-refractivity contribution >= 4 is 40.0 Å². The van der Waals surface area contributed by atoms with Gasteiger partial charge in [0.05, 0.1) is 10.7 Å². The number of aryl methyl sites for hydroxylation is 1. The van der Waals surface area contributed by atoms with Crippen LogP contribution in [0.2, 0.25) is 5.02 Å². The summed E-state index contributed by atoms with van der Waals surface area (Å²) >= 11 is 6.59. The highest BCUT2D eigenvalue weighted by molar-refractivity contribution is 6.33. The van der Waals surface area contributed by atoms with Crippen molar-refractivity contribution in [1.29, 1.82) is 0 Å². The Balaban J connectivity index is 1.47. The predicted molar refractivity (Wildman–Crippen MR) is 126 cm³/mol. The van der Waals surface area contributed by atoms with Gasteiger partial charge in [0.15, 0.2) is 0 Å². The van der Waals surface area contributed by atoms with Gasteiger partial charge in [-0.25, -0.2) is 4.98 Å². The van der Waals surface area contributed by atoms with Crippen molar-refractivity contribution in [2.24, 2.45) is 0 Å². The number of hydrogen-bond donors (Lipinski definition) is 2. The van der Waals surface area contributed by atoms with Gasteiger partial charge in [-0.05, 0) is 43.5 Å². The Bertz CT molecular complexity index is 1160. The number of benzene rings is 1. The van der Waals surface area contributed by atoms with E-state index in [1.807, 2.05) is 35.9 Å². The molecule has 0 amide bonds. The molecule has 2 aliphatic rings. The van der Waals surface area contributed by atoms with Crippen LogP contribution >= 0.6 is 11.6 Å². The minimum Gasteiger partial charge on any atom is -0.368 e. The lowest BCUT2D eigenvalue weighted by atomic mass is 10.1. The number of pyridine rings is 1. The normalized spacial score (nSPS) is 17.4. The monoisotopic (exact) mass is 438 g/mol. The molecule has 1 aromatic carbocycles. The number of anilines is 3. The molecular weight excluding hydrogens is 412 g/mol. The fourth-order valence-corrected chi connectivity index (χ4v) is 5.02. The van der Waals surface area contributed by atoms with Crippen molar-refractivity contribution in [2.75, 3.05) is 36.4 Å². The quantitative estimate of drug-likeness (QED) is 0.640. The molecule has 1 aliphatic carbocycles. The maximum atomic E-state index is 12.8. The van der Waals surface area contributed by atoms with Crippen molar-refractivity contribution in [1.82, 2.24) is 19.9 Å². The zero-order chi connectivity index (χ0) is 21.4. The molecule has 0 bridgehead atoms. The van der Waals surface area contributed by atoms with Gasteiger partial charge >= 0.3 is 0 Å². The number of nitrogens with one attached hydrogen (secondary N) is 2. The minimum absolute atomic E-state index is 0.0185. The number of fused-ring (bicyclic) bond motifs is 1. The van der Waals surface area contributed by atoms with Crippen molar-refractivity contribution in [3.05, 3.63) is 51.4 Å². The summed E-state index contributed by atoms with van der Waals surface area (Å²) in [7, 11) is 0. The Hall–Kier alpha value is -2.64. The molecule has 1 saturated carbocycles. The third kappa shape index (κ3) is 4.00. The summed E-state index contributed by atoms with van der Waals surface area (Å²) in [5.74, 6) is 0.468. The van der Waals surface area contributed by atoms with Crippen LogP contribution in [0.4, 0.5) is 17.3 Å². The van der Waals surface area contributed by atoms with Gasteiger partial charge in [-0.15, -0.1) is 0 Å². The Kier molecular flexibility index (Phi) is 5.54. The molecule has 0 radical (unpaired) electrons. The molecule has 7 nitrogen and oxygen atoms in total. The SMILES string of the molecule is Cc1cc(=O)n(C2CCCC2)c2nc(Nc3ccc(N4CCNCC4)c(Cl)c3)ncc12. The smallest absolute Gasteiger partial charge is 0.252 e. The van der Waals surface area contributed by atoms with E-state index >= 15 is 0 Å². The van der Waals surface area contributed by atoms with Gasteiger partial charge in [0.2, 0.25) is 5.95 Å². The standard InChI is InChI=1S/C23H27ClN6O/c1-15-12-21(31)30(17-4-2-3-5-17)22-18(15)14-26-23(28-22)27-16-6-7-20(19(24)13-16)29-10-8-25-9-11-29/h6-7,12-14,17,25H,2-5,8-11H2,1H3,(H,26,27,28). The van der Waals surface area contributed by atoms with Crippen molar-refractivity contribution in [2.45, 2.75) is 38.6 Å². The number of piperazine rings is 1. The molecule has 3 aromatic rings. The van der Waals surface area contributed by atoms with E-state index in [1.54, 1.807) is 6.07 Å². The summed E-state index contributed by atoms with van der Waals surface area (Å²) in [5, 5.41) is 8.25. The van der Waals surface area contributed by atoms with E-state index in [0.29, 0.717) is 16.6 Å². The molecule has 8 heteroatoms. The lowest BCUT2D eigenvalue weighted by Gasteiger charge is -2.30. The topological polar surface area (TPSA) is 75.1 Å². The molecule has 162 valence electrons. The van der Waals surface area contributed by atoms with E-state index in [9.17, 15) is 4.79 Å². The first kappa shape index (κ1) is 20.3. The molecule has 31 heavy (non-hydrogen) atoms. The third-order valence-electron chi connectivity index (χ3n) is 6.35. The van der Waals surface area contributed by atoms with Crippen molar-refractivity contribution in [3.63, 3.8) is 0 Å². The molecule has 0 unspecified atom stereocenters. The molecular formula is C23H27ClN6O. The van der Waals surface area contributed by atoms with Gasteiger partial charge in [-0.3, -0.25) is 9.36 Å². The molecule has 0 spiro atoms. The van der Waals surface area contributed by atoms with Crippen LogP contribution in [-0.2, 0) is 0 Å². The van der Waals surface area contributed by atoms with E-state index in [2.05, 4.69) is 20.5 Å². The van der Waals surface area contributed by atoms with Gasteiger partial charge in [0.1, 0.15) is 5.65 Å². The summed E-state index contributed by atoms with van der Waals surface area (Å²) in [5.41, 5.74) is 3.50. The molecule has 1 saturated heterocycles. The molecule has 2 N–H and O–H groups in total. The largest absolute Gasteiger partial charge is 0.368 e. The first-order chi connectivity index (χ1) is 15.1. The Morgan fingerprint density at radius 3 is 2.68 bits per heavy atom. The maximum absolute atomic E-state index is 12.8. The van der Waals surface area contributed by atoms with Gasteiger partial charge in [0.25, 0.3) is 5.56 Å². The fraction of sp³-hybridized carbons (Fsp3) is 0.435. The number of halogens is 1. The Labute approximate surface area is 186 Å². The first-order valence-corrected chi connectivity index (χ1v) is 11.4. The predicted octanol–water partition coefficient (Wildman–Crippen LogP) is 4.02. The molecule has 5 rings (SSSR count). The second-order valence-electron chi connectivity index (χ2n) is 8.43. The number of aromatic nitrogens is 3. The average Bonchev–Trinajstić information content (AvgIpc) is 3.29. The van der Waals surface area contributed by atoms with Crippen LogP contribution in [0.3, 0.4) is 0 Å². The lowest BCUT2D eigenvalue weighted by Crippen LogP contribution is -2.43. The minimum atomic E-state index is 0.0185. The first-order valence-electron chi connectivity index (χ1n) is 11.0. The molecule has 0 atom stereocenters. The summed E-state index contributed by atoms with van der Waals surface area (Å²) in [6, 6.07) is 7.86. The van der Waals surface area contributed by atoms with Crippen LogP contribution in [0.1, 0.15) is 37.3 Å². The van der Waals surface area contributed by atoms with E-state index in [1.165, 1.54) is 0 Å². The molecule has 1 aliphatic heterocycles. The average molecular weight is 439 g/mol. The van der Waals surface area contributed by atoms with Crippen LogP contribution in [0, 0.1) is 6.92 Å². The summed E-state index contributed by atoms with van der Waals surface area (Å²) in [4.78, 5) is 24.3. The second-order valence-corrected chi connectivity index (χ2v) is 8.84. The number of nitrogens with zero attached hydrogens (tertiary/aromatic N) is 4. The third-order valence-corrected chi connectivity index (χ3v) is 6.65. The second kappa shape index (κ2) is 8.48. The Morgan fingerprint density at radius 1 is 1.16 bits per heavy atom. The van der Waals surface area contributed by atoms with Crippen LogP contribution < -0.4 is 21.1 Å². The van der Waals surface area contributed by atoms with E-state index in [4.69, 9.17) is 16.6 Å². The highest BCUT2D eigenvalue weighted by Crippen LogP contribution is 2.32. The number of rotatable bonds is 4. The summed E-state index contributed by atoms with van der Waals surface area (Å²) in [6.07, 6.45) is 6.16. The van der Waals surface area contributed by atoms with Crippen molar-refractivity contribution < 1.29 is 0 Å². The fourth-order valence-electron chi connectivity index (χ4n) is 4.72. The van der Waals surface area contributed by atoms with Gasteiger partial charge < -0.3 is 15.5 Å². The van der Waals surface area contributed by atoms with Crippen LogP contribution in [0.5, 0.6) is 0 Å². The van der Waals surface area contributed by atoms with Crippen LogP contribution in [-0.4, -0.2) is 40.7 Å². The highest BCUT2D eigenvalue weighted by atomic mass is 35.5. The van der Waals surface area contributed by atoms with E-state index in [-0.39, 0.29) is 11.6 Å². The van der Waals surface area contributed by atoms with E-state index < -0.39 is 0 Å². The Morgan fingerprint density at radius 2 is 1.94 bits per heavy atom. The van der Waals surface area contributed by atoms with Gasteiger partial charge in [-0.1, -0.05) is 24.4 Å². The highest BCUT2D eigenvalue weighted by Gasteiger charge is 2.22. The molecule has 3 heterocycles. The van der Waals surface area contributed by atoms with Crippen molar-refractivity contribution in [3.8, 4) is 0 Å². The summed E-state index contributed by atoms with van der Waals surface area (Å²) < 4.78 is 1.86. The van der Waals surface area contributed by atoms with Gasteiger partial charge in [0, 0.05) is 55.6 Å². The van der Waals surface area contributed by atoms with Crippen LogP contribution in [0.15, 0.2) is 35.3 Å². The van der Waals surface area contributed by atoms with E-state index in [0.717, 1.165) is 74.2 Å².